The molecule has 0 saturated heterocycles. The zero-order valence-electron chi connectivity index (χ0n) is 12.4. The number of nitrogens with zero attached hydrogens (tertiary/aromatic N) is 1. The van der Waals surface area contributed by atoms with Crippen LogP contribution in [-0.2, 0) is 0 Å². The molecular formula is C17H18N2O2. The molecule has 0 aliphatic rings. The van der Waals surface area contributed by atoms with E-state index in [2.05, 4.69) is 23.0 Å². The highest BCUT2D eigenvalue weighted by atomic mass is 16.5. The summed E-state index contributed by atoms with van der Waals surface area (Å²) in [5.41, 5.74) is 3.17. The maximum absolute atomic E-state index is 5.97. The van der Waals surface area contributed by atoms with Crippen molar-refractivity contribution in [3.05, 3.63) is 53.9 Å². The predicted octanol–water partition coefficient (Wildman–Crippen LogP) is 4.02. The average molecular weight is 282 g/mol. The summed E-state index contributed by atoms with van der Waals surface area (Å²) in [6.07, 6.45) is -0.187. The Morgan fingerprint density at radius 1 is 1.05 bits per heavy atom. The van der Waals surface area contributed by atoms with Gasteiger partial charge in [0, 0.05) is 0 Å². The summed E-state index contributed by atoms with van der Waals surface area (Å²) in [4.78, 5) is 7.96. The molecule has 0 aliphatic carbocycles. The molecular weight excluding hydrogens is 264 g/mol. The Morgan fingerprint density at radius 2 is 1.81 bits per heavy atom. The molecule has 0 fully saturated rings. The molecule has 0 unspecified atom stereocenters. The van der Waals surface area contributed by atoms with Crippen molar-refractivity contribution in [2.75, 3.05) is 7.11 Å². The van der Waals surface area contributed by atoms with E-state index in [4.69, 9.17) is 9.47 Å². The van der Waals surface area contributed by atoms with Crippen molar-refractivity contribution >= 4 is 11.0 Å². The van der Waals surface area contributed by atoms with Gasteiger partial charge in [0.25, 0.3) is 0 Å². The first-order chi connectivity index (χ1) is 10.2. The van der Waals surface area contributed by atoms with Crippen LogP contribution in [0.3, 0.4) is 0 Å². The van der Waals surface area contributed by atoms with E-state index in [0.717, 1.165) is 28.2 Å². The Labute approximate surface area is 123 Å². The highest BCUT2D eigenvalue weighted by Gasteiger charge is 2.15. The summed E-state index contributed by atoms with van der Waals surface area (Å²) in [5.74, 6) is 2.24. The molecule has 2 aromatic carbocycles. The lowest BCUT2D eigenvalue weighted by Crippen LogP contribution is -2.06. The number of hydrogen-bond acceptors (Lipinski definition) is 3. The van der Waals surface area contributed by atoms with Gasteiger partial charge in [-0.05, 0) is 37.6 Å². The second-order valence-corrected chi connectivity index (χ2v) is 5.00. The Bertz CT molecular complexity index is 764. The summed E-state index contributed by atoms with van der Waals surface area (Å²) >= 11 is 0. The number of ether oxygens (including phenoxy) is 2. The molecule has 0 saturated carbocycles. The van der Waals surface area contributed by atoms with E-state index in [-0.39, 0.29) is 6.10 Å². The molecule has 3 rings (SSSR count). The fourth-order valence-corrected chi connectivity index (χ4v) is 2.35. The summed E-state index contributed by atoms with van der Waals surface area (Å²) in [7, 11) is 1.64. The van der Waals surface area contributed by atoms with E-state index in [1.807, 2.05) is 43.3 Å². The SMILES string of the molecule is COc1ccccc1O[C@H](C)c1nc2c(C)cccc2[nH]1. The molecule has 0 spiro atoms. The summed E-state index contributed by atoms with van der Waals surface area (Å²) in [5, 5.41) is 0. The van der Waals surface area contributed by atoms with Gasteiger partial charge in [-0.1, -0.05) is 24.3 Å². The van der Waals surface area contributed by atoms with Crippen LogP contribution in [0.15, 0.2) is 42.5 Å². The quantitative estimate of drug-likeness (QED) is 0.786. The normalized spacial score (nSPS) is 12.3. The number of aryl methyl sites for hydroxylation is 1. The number of nitrogens with one attached hydrogen (secondary N) is 1. The minimum absolute atomic E-state index is 0.187. The molecule has 4 nitrogen and oxygen atoms in total. The van der Waals surface area contributed by atoms with Crippen molar-refractivity contribution in [1.29, 1.82) is 0 Å². The number of fused-ring (bicyclic) bond motifs is 1. The van der Waals surface area contributed by atoms with Crippen LogP contribution in [0.5, 0.6) is 11.5 Å². The number of H-pyrrole nitrogens is 1. The van der Waals surface area contributed by atoms with Gasteiger partial charge in [-0.25, -0.2) is 4.98 Å². The Hall–Kier alpha value is -2.49. The van der Waals surface area contributed by atoms with Crippen LogP contribution in [-0.4, -0.2) is 17.1 Å². The van der Waals surface area contributed by atoms with E-state index < -0.39 is 0 Å². The van der Waals surface area contributed by atoms with E-state index >= 15 is 0 Å². The molecule has 4 heteroatoms. The van der Waals surface area contributed by atoms with Gasteiger partial charge in [-0.15, -0.1) is 0 Å². The van der Waals surface area contributed by atoms with Crippen molar-refractivity contribution in [3.8, 4) is 11.5 Å². The van der Waals surface area contributed by atoms with E-state index in [0.29, 0.717) is 5.75 Å². The van der Waals surface area contributed by atoms with Gasteiger partial charge in [0.2, 0.25) is 0 Å². The summed E-state index contributed by atoms with van der Waals surface area (Å²) in [6, 6.07) is 13.7. The molecule has 0 amide bonds. The lowest BCUT2D eigenvalue weighted by Gasteiger charge is -2.14. The molecule has 1 aromatic heterocycles. The van der Waals surface area contributed by atoms with E-state index in [1.54, 1.807) is 7.11 Å². The third-order valence-electron chi connectivity index (χ3n) is 3.49. The van der Waals surface area contributed by atoms with Crippen LogP contribution in [0.1, 0.15) is 24.4 Å². The van der Waals surface area contributed by atoms with Crippen LogP contribution in [0, 0.1) is 6.92 Å². The van der Waals surface area contributed by atoms with Gasteiger partial charge in [0.15, 0.2) is 17.6 Å². The van der Waals surface area contributed by atoms with Crippen molar-refractivity contribution < 1.29 is 9.47 Å². The fourth-order valence-electron chi connectivity index (χ4n) is 2.35. The molecule has 0 aliphatic heterocycles. The molecule has 1 heterocycles. The smallest absolute Gasteiger partial charge is 0.162 e. The largest absolute Gasteiger partial charge is 0.493 e. The number of benzene rings is 2. The Balaban J connectivity index is 1.90. The monoisotopic (exact) mass is 282 g/mol. The van der Waals surface area contributed by atoms with Crippen LogP contribution in [0.25, 0.3) is 11.0 Å². The molecule has 21 heavy (non-hydrogen) atoms. The Morgan fingerprint density at radius 3 is 2.52 bits per heavy atom. The third kappa shape index (κ3) is 2.57. The van der Waals surface area contributed by atoms with Gasteiger partial charge < -0.3 is 14.5 Å². The molecule has 3 aromatic rings. The first-order valence-corrected chi connectivity index (χ1v) is 6.94. The lowest BCUT2D eigenvalue weighted by molar-refractivity contribution is 0.208. The van der Waals surface area contributed by atoms with Crippen molar-refractivity contribution in [2.24, 2.45) is 0 Å². The minimum Gasteiger partial charge on any atom is -0.493 e. The van der Waals surface area contributed by atoms with Gasteiger partial charge in [-0.2, -0.15) is 0 Å². The molecule has 0 radical (unpaired) electrons. The topological polar surface area (TPSA) is 47.1 Å². The molecule has 1 N–H and O–H groups in total. The maximum atomic E-state index is 5.97. The number of rotatable bonds is 4. The van der Waals surface area contributed by atoms with Crippen LogP contribution >= 0.6 is 0 Å². The predicted molar refractivity (Wildman–Crippen MR) is 82.9 cm³/mol. The molecule has 1 atom stereocenters. The first kappa shape index (κ1) is 13.5. The van der Waals surface area contributed by atoms with Gasteiger partial charge in [-0.3, -0.25) is 0 Å². The summed E-state index contributed by atoms with van der Waals surface area (Å²) < 4.78 is 11.3. The second-order valence-electron chi connectivity index (χ2n) is 5.00. The van der Waals surface area contributed by atoms with Crippen molar-refractivity contribution in [3.63, 3.8) is 0 Å². The lowest BCUT2D eigenvalue weighted by atomic mass is 10.2. The van der Waals surface area contributed by atoms with Crippen molar-refractivity contribution in [1.82, 2.24) is 9.97 Å². The van der Waals surface area contributed by atoms with Crippen molar-refractivity contribution in [2.45, 2.75) is 20.0 Å². The second kappa shape index (κ2) is 5.48. The molecule has 0 bridgehead atoms. The number of hydrogen-bond donors (Lipinski definition) is 1. The number of para-hydroxylation sites is 3. The van der Waals surface area contributed by atoms with E-state index in [1.165, 1.54) is 0 Å². The highest BCUT2D eigenvalue weighted by Crippen LogP contribution is 2.30. The Kier molecular flexibility index (Phi) is 3.52. The minimum atomic E-state index is -0.187. The zero-order chi connectivity index (χ0) is 14.8. The first-order valence-electron chi connectivity index (χ1n) is 6.94. The maximum Gasteiger partial charge on any atom is 0.162 e. The zero-order valence-corrected chi connectivity index (χ0v) is 12.4. The standard InChI is InChI=1S/C17H18N2O2/c1-11-7-6-8-13-16(11)19-17(18-13)12(2)21-15-10-5-4-9-14(15)20-3/h4-10,12H,1-3H3,(H,18,19)/t12-/m1/s1. The van der Waals surface area contributed by atoms with Gasteiger partial charge >= 0.3 is 0 Å². The van der Waals surface area contributed by atoms with Crippen LogP contribution in [0.2, 0.25) is 0 Å². The number of methoxy groups -OCH3 is 1. The summed E-state index contributed by atoms with van der Waals surface area (Å²) in [6.45, 7) is 4.03. The number of aromatic nitrogens is 2. The van der Waals surface area contributed by atoms with Gasteiger partial charge in [0.1, 0.15) is 5.82 Å². The van der Waals surface area contributed by atoms with Crippen LogP contribution in [0.4, 0.5) is 0 Å². The van der Waals surface area contributed by atoms with E-state index in [9.17, 15) is 0 Å². The fraction of sp³-hybridized carbons (Fsp3) is 0.235. The van der Waals surface area contributed by atoms with Gasteiger partial charge in [0.05, 0.1) is 18.1 Å². The number of aromatic amines is 1. The highest BCUT2D eigenvalue weighted by molar-refractivity contribution is 5.78. The average Bonchev–Trinajstić information content (AvgIpc) is 2.93. The molecule has 108 valence electrons. The van der Waals surface area contributed by atoms with Crippen LogP contribution < -0.4 is 9.47 Å². The third-order valence-corrected chi connectivity index (χ3v) is 3.49. The number of imidazole rings is 1.